The molecule has 2 aromatic carbocycles. The molecular formula is C24H32N2O3. The molecule has 3 rings (SSSR count). The third-order valence-electron chi connectivity index (χ3n) is 5.88. The van der Waals surface area contributed by atoms with Crippen LogP contribution in [0.3, 0.4) is 0 Å². The van der Waals surface area contributed by atoms with Crippen molar-refractivity contribution in [3.05, 3.63) is 65.2 Å². The number of benzene rings is 2. The number of nitrogens with zero attached hydrogens (tertiary/aromatic N) is 1. The van der Waals surface area contributed by atoms with E-state index < -0.39 is 6.10 Å². The highest BCUT2D eigenvalue weighted by Gasteiger charge is 2.27. The number of carbonyl (C=O) groups is 1. The van der Waals surface area contributed by atoms with Crippen molar-refractivity contribution < 1.29 is 15.0 Å². The third-order valence-corrected chi connectivity index (χ3v) is 5.88. The van der Waals surface area contributed by atoms with Gasteiger partial charge >= 0.3 is 0 Å². The van der Waals surface area contributed by atoms with E-state index in [1.165, 1.54) is 5.56 Å². The van der Waals surface area contributed by atoms with E-state index in [9.17, 15) is 15.0 Å². The third kappa shape index (κ3) is 5.81. The standard InChI is InChI=1S/C24H32N2O3/c1-26(2)19(16-17-10-13-20(27)14-11-17)12-15-23(29)25-24-21-8-4-3-6-18(21)7-5-9-22(24)28/h3-4,6,8,10-11,13-14,19,22,24,27-28H,5,7,9,12,15-16H2,1-2H3,(H,25,29)/t19-,22?,24?/m1/s1. The van der Waals surface area contributed by atoms with E-state index in [1.54, 1.807) is 12.1 Å². The van der Waals surface area contributed by atoms with E-state index in [2.05, 4.69) is 16.3 Å². The number of likely N-dealkylation sites (N-methyl/N-ethyl adjacent to an activating group) is 1. The normalized spacial score (nSPS) is 20.0. The average Bonchev–Trinajstić information content (AvgIpc) is 2.85. The van der Waals surface area contributed by atoms with Crippen molar-refractivity contribution in [1.82, 2.24) is 10.2 Å². The van der Waals surface area contributed by atoms with Gasteiger partial charge in [-0.05, 0) is 75.0 Å². The van der Waals surface area contributed by atoms with Crippen LogP contribution >= 0.6 is 0 Å². The van der Waals surface area contributed by atoms with E-state index in [4.69, 9.17) is 0 Å². The van der Waals surface area contributed by atoms with Gasteiger partial charge in [0.05, 0.1) is 12.1 Å². The topological polar surface area (TPSA) is 72.8 Å². The molecule has 0 fully saturated rings. The van der Waals surface area contributed by atoms with E-state index in [0.29, 0.717) is 12.8 Å². The summed E-state index contributed by atoms with van der Waals surface area (Å²) in [6.07, 6.45) is 3.96. The number of fused-ring (bicyclic) bond motifs is 1. The van der Waals surface area contributed by atoms with Gasteiger partial charge in [-0.25, -0.2) is 0 Å². The molecule has 3 N–H and O–H groups in total. The molecule has 2 aromatic rings. The first-order valence-electron chi connectivity index (χ1n) is 10.4. The molecule has 156 valence electrons. The first kappa shape index (κ1) is 21.3. The number of hydrogen-bond acceptors (Lipinski definition) is 4. The molecule has 2 unspecified atom stereocenters. The first-order valence-corrected chi connectivity index (χ1v) is 10.4. The number of amides is 1. The number of aliphatic hydroxyl groups is 1. The number of phenols is 1. The Morgan fingerprint density at radius 1 is 1.17 bits per heavy atom. The molecule has 0 aliphatic heterocycles. The molecule has 0 radical (unpaired) electrons. The lowest BCUT2D eigenvalue weighted by atomic mass is 9.97. The zero-order valence-electron chi connectivity index (χ0n) is 17.3. The van der Waals surface area contributed by atoms with Gasteiger partial charge in [0, 0.05) is 12.5 Å². The zero-order valence-corrected chi connectivity index (χ0v) is 17.3. The summed E-state index contributed by atoms with van der Waals surface area (Å²) in [6, 6.07) is 15.2. The van der Waals surface area contributed by atoms with Crippen molar-refractivity contribution in [2.24, 2.45) is 0 Å². The summed E-state index contributed by atoms with van der Waals surface area (Å²) >= 11 is 0. The highest BCUT2D eigenvalue weighted by atomic mass is 16.3. The quantitative estimate of drug-likeness (QED) is 0.629. The zero-order chi connectivity index (χ0) is 20.8. The van der Waals surface area contributed by atoms with Crippen LogP contribution in [-0.4, -0.2) is 47.3 Å². The fourth-order valence-electron chi connectivity index (χ4n) is 4.11. The predicted octanol–water partition coefficient (Wildman–Crippen LogP) is 3.20. The summed E-state index contributed by atoms with van der Waals surface area (Å²) in [7, 11) is 4.04. The maximum Gasteiger partial charge on any atom is 0.220 e. The Balaban J connectivity index is 1.61. The number of aliphatic hydroxyl groups excluding tert-OH is 1. The summed E-state index contributed by atoms with van der Waals surface area (Å²) in [5, 5.41) is 23.1. The van der Waals surface area contributed by atoms with Crippen molar-refractivity contribution in [2.45, 2.75) is 56.7 Å². The molecule has 1 aliphatic carbocycles. The summed E-state index contributed by atoms with van der Waals surface area (Å²) < 4.78 is 0. The Morgan fingerprint density at radius 3 is 2.62 bits per heavy atom. The minimum Gasteiger partial charge on any atom is -0.508 e. The second-order valence-corrected chi connectivity index (χ2v) is 8.23. The summed E-state index contributed by atoms with van der Waals surface area (Å²) in [5.41, 5.74) is 3.39. The first-order chi connectivity index (χ1) is 13.9. The maximum absolute atomic E-state index is 12.7. The molecule has 0 saturated heterocycles. The lowest BCUT2D eigenvalue weighted by molar-refractivity contribution is -0.123. The molecule has 0 heterocycles. The number of hydrogen-bond donors (Lipinski definition) is 3. The fourth-order valence-corrected chi connectivity index (χ4v) is 4.11. The smallest absolute Gasteiger partial charge is 0.220 e. The van der Waals surface area contributed by atoms with Crippen LogP contribution in [0.5, 0.6) is 5.75 Å². The molecule has 1 aliphatic rings. The van der Waals surface area contributed by atoms with Gasteiger partial charge in [-0.15, -0.1) is 0 Å². The molecule has 0 saturated carbocycles. The predicted molar refractivity (Wildman–Crippen MR) is 115 cm³/mol. The van der Waals surface area contributed by atoms with Gasteiger partial charge in [-0.3, -0.25) is 4.79 Å². The Hall–Kier alpha value is -2.37. The summed E-state index contributed by atoms with van der Waals surface area (Å²) in [5.74, 6) is 0.236. The minimum atomic E-state index is -0.552. The Bertz CT molecular complexity index is 804. The van der Waals surface area contributed by atoms with E-state index in [0.717, 1.165) is 36.8 Å². The summed E-state index contributed by atoms with van der Waals surface area (Å²) in [6.45, 7) is 0. The van der Waals surface area contributed by atoms with Gasteiger partial charge in [0.15, 0.2) is 0 Å². The van der Waals surface area contributed by atoms with E-state index in [1.807, 2.05) is 44.4 Å². The van der Waals surface area contributed by atoms with E-state index >= 15 is 0 Å². The van der Waals surface area contributed by atoms with Crippen LogP contribution in [0, 0.1) is 0 Å². The van der Waals surface area contributed by atoms with Gasteiger partial charge in [0.1, 0.15) is 5.75 Å². The highest BCUT2D eigenvalue weighted by Crippen LogP contribution is 2.29. The molecule has 29 heavy (non-hydrogen) atoms. The lowest BCUT2D eigenvalue weighted by Gasteiger charge is -2.26. The monoisotopic (exact) mass is 396 g/mol. The van der Waals surface area contributed by atoms with Gasteiger partial charge in [-0.2, -0.15) is 0 Å². The van der Waals surface area contributed by atoms with Gasteiger partial charge < -0.3 is 20.4 Å². The van der Waals surface area contributed by atoms with Gasteiger partial charge in [0.25, 0.3) is 0 Å². The largest absolute Gasteiger partial charge is 0.508 e. The fraction of sp³-hybridized carbons (Fsp3) is 0.458. The SMILES string of the molecule is CN(C)[C@H](CCC(=O)NC1c2ccccc2CCCC1O)Cc1ccc(O)cc1. The van der Waals surface area contributed by atoms with Crippen LogP contribution in [0.25, 0.3) is 0 Å². The number of phenolic OH excluding ortho intramolecular Hbond substituents is 1. The molecule has 3 atom stereocenters. The van der Waals surface area contributed by atoms with Crippen LogP contribution < -0.4 is 5.32 Å². The number of carbonyl (C=O) groups excluding carboxylic acids is 1. The van der Waals surface area contributed by atoms with Crippen LogP contribution in [-0.2, 0) is 17.6 Å². The molecule has 5 nitrogen and oxygen atoms in total. The average molecular weight is 397 g/mol. The van der Waals surface area contributed by atoms with Crippen molar-refractivity contribution in [1.29, 1.82) is 0 Å². The Kier molecular flexibility index (Phi) is 7.29. The molecule has 0 spiro atoms. The molecule has 0 aromatic heterocycles. The minimum absolute atomic E-state index is 0.0247. The maximum atomic E-state index is 12.7. The number of aromatic hydroxyl groups is 1. The van der Waals surface area contributed by atoms with Crippen LogP contribution in [0.15, 0.2) is 48.5 Å². The molecule has 5 heteroatoms. The van der Waals surface area contributed by atoms with E-state index in [-0.39, 0.29) is 23.7 Å². The van der Waals surface area contributed by atoms with Crippen molar-refractivity contribution >= 4 is 5.91 Å². The molecule has 0 bridgehead atoms. The second-order valence-electron chi connectivity index (χ2n) is 8.23. The lowest BCUT2D eigenvalue weighted by Crippen LogP contribution is -2.37. The van der Waals surface area contributed by atoms with Crippen molar-refractivity contribution in [2.75, 3.05) is 14.1 Å². The van der Waals surface area contributed by atoms with Crippen molar-refractivity contribution in [3.63, 3.8) is 0 Å². The molecule has 1 amide bonds. The second kappa shape index (κ2) is 9.90. The van der Waals surface area contributed by atoms with Gasteiger partial charge in [-0.1, -0.05) is 36.4 Å². The number of aryl methyl sites for hydroxylation is 1. The Morgan fingerprint density at radius 2 is 1.90 bits per heavy atom. The summed E-state index contributed by atoms with van der Waals surface area (Å²) in [4.78, 5) is 14.9. The number of rotatable bonds is 7. The van der Waals surface area contributed by atoms with Gasteiger partial charge in [0.2, 0.25) is 5.91 Å². The van der Waals surface area contributed by atoms with Crippen LogP contribution in [0.2, 0.25) is 0 Å². The van der Waals surface area contributed by atoms with Crippen LogP contribution in [0.1, 0.15) is 48.4 Å². The molecular weight excluding hydrogens is 364 g/mol. The highest BCUT2D eigenvalue weighted by molar-refractivity contribution is 5.76. The van der Waals surface area contributed by atoms with Crippen molar-refractivity contribution in [3.8, 4) is 5.75 Å². The Labute approximate surface area is 173 Å². The van der Waals surface area contributed by atoms with Crippen LogP contribution in [0.4, 0.5) is 0 Å². The number of nitrogens with one attached hydrogen (secondary N) is 1.